The number of rotatable bonds is 5. The van der Waals surface area contributed by atoms with Crippen molar-refractivity contribution in [2.75, 3.05) is 0 Å². The Bertz CT molecular complexity index is 1040. The molecule has 0 fully saturated rings. The van der Waals surface area contributed by atoms with E-state index in [4.69, 9.17) is 5.73 Å². The molecule has 6 nitrogen and oxygen atoms in total. The smallest absolute Gasteiger partial charge is 0.273 e. The van der Waals surface area contributed by atoms with Gasteiger partial charge in [0, 0.05) is 5.39 Å². The number of carbonyl (C=O) groups is 2. The van der Waals surface area contributed by atoms with E-state index in [2.05, 4.69) is 10.4 Å². The summed E-state index contributed by atoms with van der Waals surface area (Å²) in [5.74, 6) is -1.42. The zero-order valence-electron chi connectivity index (χ0n) is 16.1. The molecule has 2 amide bonds. The van der Waals surface area contributed by atoms with Crippen molar-refractivity contribution in [3.63, 3.8) is 0 Å². The third-order valence-electron chi connectivity index (χ3n) is 4.52. The fourth-order valence-electron chi connectivity index (χ4n) is 3.14. The predicted molar refractivity (Wildman–Crippen MR) is 105 cm³/mol. The number of nitrogens with zero attached hydrogens (tertiary/aromatic N) is 2. The van der Waals surface area contributed by atoms with Gasteiger partial charge in [-0.2, -0.15) is 5.10 Å². The van der Waals surface area contributed by atoms with Gasteiger partial charge in [0.1, 0.15) is 11.9 Å². The van der Waals surface area contributed by atoms with Gasteiger partial charge in [0.15, 0.2) is 5.69 Å². The molecule has 0 aliphatic rings. The second-order valence-corrected chi connectivity index (χ2v) is 7.83. The topological polar surface area (TPSA) is 90.0 Å². The van der Waals surface area contributed by atoms with Gasteiger partial charge >= 0.3 is 0 Å². The quantitative estimate of drug-likeness (QED) is 0.711. The normalized spacial score (nSPS) is 12.7. The Labute approximate surface area is 162 Å². The molecule has 0 spiro atoms. The molecule has 28 heavy (non-hydrogen) atoms. The number of nitrogens with one attached hydrogen (secondary N) is 1. The summed E-state index contributed by atoms with van der Waals surface area (Å²) in [6.45, 7) is 5.78. The monoisotopic (exact) mass is 382 g/mol. The molecular weight excluding hydrogens is 359 g/mol. The summed E-state index contributed by atoms with van der Waals surface area (Å²) in [4.78, 5) is 24.7. The second-order valence-electron chi connectivity index (χ2n) is 7.83. The van der Waals surface area contributed by atoms with Crippen molar-refractivity contribution in [3.05, 3.63) is 65.6 Å². The van der Waals surface area contributed by atoms with Crippen molar-refractivity contribution < 1.29 is 14.0 Å². The van der Waals surface area contributed by atoms with Gasteiger partial charge < -0.3 is 11.1 Å². The lowest BCUT2D eigenvalue weighted by molar-refractivity contribution is -0.122. The van der Waals surface area contributed by atoms with Crippen LogP contribution < -0.4 is 11.1 Å². The summed E-state index contributed by atoms with van der Waals surface area (Å²) < 4.78 is 15.2. The van der Waals surface area contributed by atoms with E-state index in [0.29, 0.717) is 11.9 Å². The number of aromatic nitrogens is 2. The van der Waals surface area contributed by atoms with Crippen LogP contribution in [0.15, 0.2) is 48.5 Å². The Morgan fingerprint density at radius 1 is 1.18 bits per heavy atom. The minimum absolute atomic E-state index is 0.197. The third kappa shape index (κ3) is 4.03. The van der Waals surface area contributed by atoms with Crippen LogP contribution in [0, 0.1) is 11.2 Å². The number of benzene rings is 2. The van der Waals surface area contributed by atoms with Gasteiger partial charge in [0.05, 0.1) is 12.1 Å². The molecule has 0 saturated heterocycles. The van der Waals surface area contributed by atoms with Gasteiger partial charge in [-0.05, 0) is 29.2 Å². The van der Waals surface area contributed by atoms with Gasteiger partial charge in [0.25, 0.3) is 5.91 Å². The van der Waals surface area contributed by atoms with Gasteiger partial charge in [-0.1, -0.05) is 51.1 Å². The summed E-state index contributed by atoms with van der Waals surface area (Å²) in [5.41, 5.74) is 6.59. The summed E-state index contributed by atoms with van der Waals surface area (Å²) in [7, 11) is 0. The predicted octanol–water partition coefficient (Wildman–Crippen LogP) is 2.85. The van der Waals surface area contributed by atoms with E-state index in [1.165, 1.54) is 12.1 Å². The number of primary amides is 1. The van der Waals surface area contributed by atoms with Crippen LogP contribution in [0.25, 0.3) is 10.9 Å². The maximum Gasteiger partial charge on any atom is 0.273 e. The highest BCUT2D eigenvalue weighted by Gasteiger charge is 2.32. The van der Waals surface area contributed by atoms with Gasteiger partial charge in [-0.3, -0.25) is 14.3 Å². The number of hydrogen-bond donors (Lipinski definition) is 2. The molecule has 0 aliphatic heterocycles. The van der Waals surface area contributed by atoms with Crippen molar-refractivity contribution in [3.8, 4) is 0 Å². The van der Waals surface area contributed by atoms with E-state index < -0.39 is 23.3 Å². The molecule has 0 aliphatic carbocycles. The highest BCUT2D eigenvalue weighted by molar-refractivity contribution is 6.06. The fraction of sp³-hybridized carbons (Fsp3) is 0.286. The van der Waals surface area contributed by atoms with Gasteiger partial charge in [0.2, 0.25) is 5.91 Å². The van der Waals surface area contributed by atoms with Crippen LogP contribution in [0.3, 0.4) is 0 Å². The Morgan fingerprint density at radius 2 is 1.89 bits per heavy atom. The molecule has 3 aromatic rings. The first-order valence-electron chi connectivity index (χ1n) is 8.97. The summed E-state index contributed by atoms with van der Waals surface area (Å²) in [6, 6.07) is 12.7. The first-order valence-corrected chi connectivity index (χ1v) is 8.97. The zero-order valence-corrected chi connectivity index (χ0v) is 16.1. The molecule has 1 atom stereocenters. The molecule has 7 heteroatoms. The van der Waals surface area contributed by atoms with E-state index in [1.807, 2.05) is 39.0 Å². The first-order chi connectivity index (χ1) is 13.2. The van der Waals surface area contributed by atoms with E-state index >= 15 is 0 Å². The molecule has 0 radical (unpaired) electrons. The lowest BCUT2D eigenvalue weighted by Crippen LogP contribution is -2.52. The number of hydrogen-bond acceptors (Lipinski definition) is 3. The standard InChI is InChI=1S/C21H23FN4O2/c1-21(2,3)18(19(23)27)24-20(28)17-15-9-4-5-10-16(15)26(25-17)12-13-7-6-8-14(22)11-13/h4-11,18H,12H2,1-3H3,(H2,23,27)(H,24,28). The van der Waals surface area contributed by atoms with Crippen LogP contribution >= 0.6 is 0 Å². The number of carbonyl (C=O) groups excluding carboxylic acids is 2. The molecule has 1 unspecified atom stereocenters. The largest absolute Gasteiger partial charge is 0.368 e. The van der Waals surface area contributed by atoms with Crippen LogP contribution in [0.1, 0.15) is 36.8 Å². The van der Waals surface area contributed by atoms with E-state index in [-0.39, 0.29) is 11.5 Å². The maximum absolute atomic E-state index is 13.5. The molecule has 2 aromatic carbocycles. The van der Waals surface area contributed by atoms with Crippen LogP contribution in [0.2, 0.25) is 0 Å². The van der Waals surface area contributed by atoms with Crippen molar-refractivity contribution in [1.29, 1.82) is 0 Å². The Morgan fingerprint density at radius 3 is 2.54 bits per heavy atom. The van der Waals surface area contributed by atoms with Crippen LogP contribution in [-0.4, -0.2) is 27.6 Å². The number of para-hydroxylation sites is 1. The van der Waals surface area contributed by atoms with Gasteiger partial charge in [-0.15, -0.1) is 0 Å². The van der Waals surface area contributed by atoms with E-state index in [1.54, 1.807) is 22.9 Å². The minimum Gasteiger partial charge on any atom is -0.368 e. The molecule has 1 heterocycles. The molecular formula is C21H23FN4O2. The van der Waals surface area contributed by atoms with Crippen LogP contribution in [0.5, 0.6) is 0 Å². The highest BCUT2D eigenvalue weighted by atomic mass is 19.1. The van der Waals surface area contributed by atoms with Crippen LogP contribution in [-0.2, 0) is 11.3 Å². The number of nitrogens with two attached hydrogens (primary N) is 1. The SMILES string of the molecule is CC(C)(C)C(NC(=O)c1nn(Cc2cccc(F)c2)c2ccccc12)C(N)=O. The Kier molecular flexibility index (Phi) is 5.18. The van der Waals surface area contributed by atoms with Crippen molar-refractivity contribution in [2.45, 2.75) is 33.4 Å². The molecule has 1 aromatic heterocycles. The fourth-order valence-corrected chi connectivity index (χ4v) is 3.14. The maximum atomic E-state index is 13.5. The van der Waals surface area contributed by atoms with Crippen molar-refractivity contribution in [2.24, 2.45) is 11.1 Å². The number of amides is 2. The minimum atomic E-state index is -0.841. The lowest BCUT2D eigenvalue weighted by atomic mass is 9.86. The summed E-state index contributed by atoms with van der Waals surface area (Å²) in [5, 5.41) is 7.79. The highest BCUT2D eigenvalue weighted by Crippen LogP contribution is 2.22. The van der Waals surface area contributed by atoms with Crippen LogP contribution in [0.4, 0.5) is 4.39 Å². The Balaban J connectivity index is 1.98. The molecule has 146 valence electrons. The molecule has 3 rings (SSSR count). The summed E-state index contributed by atoms with van der Waals surface area (Å²) >= 11 is 0. The first kappa shape index (κ1) is 19.5. The van der Waals surface area contributed by atoms with Crippen molar-refractivity contribution in [1.82, 2.24) is 15.1 Å². The van der Waals surface area contributed by atoms with Crippen molar-refractivity contribution >= 4 is 22.7 Å². The molecule has 3 N–H and O–H groups in total. The van der Waals surface area contributed by atoms with Gasteiger partial charge in [-0.25, -0.2) is 4.39 Å². The average Bonchev–Trinajstić information content (AvgIpc) is 2.97. The second kappa shape index (κ2) is 7.42. The zero-order chi connectivity index (χ0) is 20.5. The molecule has 0 saturated carbocycles. The average molecular weight is 382 g/mol. The third-order valence-corrected chi connectivity index (χ3v) is 4.52. The number of halogens is 1. The number of fused-ring (bicyclic) bond motifs is 1. The van der Waals surface area contributed by atoms with E-state index in [9.17, 15) is 14.0 Å². The summed E-state index contributed by atoms with van der Waals surface area (Å²) in [6.07, 6.45) is 0. The Hall–Kier alpha value is -3.22. The molecule has 0 bridgehead atoms. The van der Waals surface area contributed by atoms with E-state index in [0.717, 1.165) is 11.1 Å². The lowest BCUT2D eigenvalue weighted by Gasteiger charge is -2.28.